The van der Waals surface area contributed by atoms with E-state index in [1.54, 1.807) is 0 Å². The summed E-state index contributed by atoms with van der Waals surface area (Å²) in [5, 5.41) is 8.99. The highest BCUT2D eigenvalue weighted by Gasteiger charge is 2.14. The number of rotatable bonds is 5. The van der Waals surface area contributed by atoms with Crippen LogP contribution in [0.4, 0.5) is 0 Å². The molecule has 0 bridgehead atoms. The van der Waals surface area contributed by atoms with E-state index in [1.807, 2.05) is 0 Å². The van der Waals surface area contributed by atoms with Gasteiger partial charge >= 0.3 is 0 Å². The number of primary amides is 1. The van der Waals surface area contributed by atoms with Crippen molar-refractivity contribution in [1.82, 2.24) is 4.72 Å². The van der Waals surface area contributed by atoms with Gasteiger partial charge in [-0.1, -0.05) is 0 Å². The number of carbonyl (C=O) groups excluding carboxylic acids is 1. The van der Waals surface area contributed by atoms with E-state index in [-0.39, 0.29) is 17.0 Å². The van der Waals surface area contributed by atoms with Crippen molar-refractivity contribution in [2.24, 2.45) is 5.73 Å². The highest BCUT2D eigenvalue weighted by Crippen LogP contribution is 2.10. The molecule has 1 aromatic rings. The Morgan fingerprint density at radius 3 is 2.35 bits per heavy atom. The van der Waals surface area contributed by atoms with Crippen LogP contribution in [0.1, 0.15) is 17.3 Å². The number of nitrogens with two attached hydrogens (primary N) is 1. The maximum Gasteiger partial charge on any atom is 0.248 e. The molecular formula is C10H14N2O4S. The van der Waals surface area contributed by atoms with E-state index in [4.69, 9.17) is 10.8 Å². The fraction of sp³-hybridized carbons (Fsp3) is 0.300. The Hall–Kier alpha value is -1.44. The van der Waals surface area contributed by atoms with E-state index >= 15 is 0 Å². The quantitative estimate of drug-likeness (QED) is 0.658. The highest BCUT2D eigenvalue weighted by molar-refractivity contribution is 7.89. The van der Waals surface area contributed by atoms with Crippen LogP contribution >= 0.6 is 0 Å². The molecule has 1 rings (SSSR count). The van der Waals surface area contributed by atoms with Gasteiger partial charge < -0.3 is 10.8 Å². The molecule has 0 aliphatic rings. The Morgan fingerprint density at radius 2 is 1.94 bits per heavy atom. The van der Waals surface area contributed by atoms with Crippen LogP contribution in [-0.2, 0) is 10.0 Å². The number of amides is 1. The van der Waals surface area contributed by atoms with Crippen LogP contribution in [0.25, 0.3) is 0 Å². The summed E-state index contributed by atoms with van der Waals surface area (Å²) in [6, 6.07) is 5.23. The van der Waals surface area contributed by atoms with Crippen LogP contribution < -0.4 is 10.5 Å². The molecule has 1 amide bonds. The number of nitrogens with one attached hydrogen (secondary N) is 1. The zero-order valence-corrected chi connectivity index (χ0v) is 10.1. The first-order chi connectivity index (χ1) is 7.83. The summed E-state index contributed by atoms with van der Waals surface area (Å²) < 4.78 is 25.6. The molecule has 0 spiro atoms. The predicted molar refractivity (Wildman–Crippen MR) is 61.8 cm³/mol. The Balaban J connectivity index is 2.89. The van der Waals surface area contributed by atoms with Crippen molar-refractivity contribution in [3.63, 3.8) is 0 Å². The molecule has 94 valence electrons. The van der Waals surface area contributed by atoms with Gasteiger partial charge in [0.2, 0.25) is 15.9 Å². The third-order valence-corrected chi connectivity index (χ3v) is 3.46. The van der Waals surface area contributed by atoms with Gasteiger partial charge in [-0.3, -0.25) is 4.79 Å². The SMILES string of the molecule is C[C@@H](O)CNS(=O)(=O)c1ccc(C(N)=O)cc1. The Kier molecular flexibility index (Phi) is 4.22. The molecule has 0 heterocycles. The van der Waals surface area contributed by atoms with Crippen molar-refractivity contribution >= 4 is 15.9 Å². The Morgan fingerprint density at radius 1 is 1.41 bits per heavy atom. The lowest BCUT2D eigenvalue weighted by Gasteiger charge is -2.08. The average Bonchev–Trinajstić information content (AvgIpc) is 2.27. The van der Waals surface area contributed by atoms with E-state index in [2.05, 4.69) is 4.72 Å². The summed E-state index contributed by atoms with van der Waals surface area (Å²) in [5.41, 5.74) is 5.27. The standard InChI is InChI=1S/C10H14N2O4S/c1-7(13)6-12-17(15,16)9-4-2-8(3-5-9)10(11)14/h2-5,7,12-13H,6H2,1H3,(H2,11,14)/t7-/m1/s1. The molecular weight excluding hydrogens is 244 g/mol. The Labute approximate surface area is 99.5 Å². The summed E-state index contributed by atoms with van der Waals surface area (Å²) in [7, 11) is -3.66. The topological polar surface area (TPSA) is 109 Å². The van der Waals surface area contributed by atoms with Gasteiger partial charge in [0.25, 0.3) is 0 Å². The second kappa shape index (κ2) is 5.26. The molecule has 1 aromatic carbocycles. The molecule has 0 aromatic heterocycles. The molecule has 0 saturated carbocycles. The van der Waals surface area contributed by atoms with Crippen molar-refractivity contribution in [3.05, 3.63) is 29.8 Å². The van der Waals surface area contributed by atoms with Crippen LogP contribution in [0.2, 0.25) is 0 Å². The normalized spacial score (nSPS) is 13.3. The van der Waals surface area contributed by atoms with Crippen molar-refractivity contribution in [3.8, 4) is 0 Å². The van der Waals surface area contributed by atoms with Crippen molar-refractivity contribution in [2.75, 3.05) is 6.54 Å². The lowest BCUT2D eigenvalue weighted by atomic mass is 10.2. The second-order valence-electron chi connectivity index (χ2n) is 3.59. The third-order valence-electron chi connectivity index (χ3n) is 2.02. The minimum atomic E-state index is -3.66. The number of aliphatic hydroxyl groups excluding tert-OH is 1. The fourth-order valence-corrected chi connectivity index (χ4v) is 2.23. The summed E-state index contributed by atoms with van der Waals surface area (Å²) in [6.45, 7) is 1.40. The van der Waals surface area contributed by atoms with Gasteiger partial charge in [0.15, 0.2) is 0 Å². The van der Waals surface area contributed by atoms with Gasteiger partial charge in [0, 0.05) is 12.1 Å². The molecule has 6 nitrogen and oxygen atoms in total. The van der Waals surface area contributed by atoms with E-state index in [1.165, 1.54) is 31.2 Å². The molecule has 0 unspecified atom stereocenters. The van der Waals surface area contributed by atoms with Crippen molar-refractivity contribution in [2.45, 2.75) is 17.9 Å². The van der Waals surface area contributed by atoms with Gasteiger partial charge in [-0.15, -0.1) is 0 Å². The van der Waals surface area contributed by atoms with E-state index in [9.17, 15) is 13.2 Å². The van der Waals surface area contributed by atoms with Crippen LogP contribution in [0.5, 0.6) is 0 Å². The number of hydrogen-bond acceptors (Lipinski definition) is 4. The highest BCUT2D eigenvalue weighted by atomic mass is 32.2. The van der Waals surface area contributed by atoms with Crippen LogP contribution in [0.15, 0.2) is 29.2 Å². The molecule has 0 aliphatic carbocycles. The maximum atomic E-state index is 11.7. The van der Waals surface area contributed by atoms with Gasteiger partial charge in [0.1, 0.15) is 0 Å². The number of aliphatic hydroxyl groups is 1. The number of hydrogen-bond donors (Lipinski definition) is 3. The first-order valence-corrected chi connectivity index (χ1v) is 6.39. The first-order valence-electron chi connectivity index (χ1n) is 4.90. The van der Waals surface area contributed by atoms with E-state index in [0.29, 0.717) is 0 Å². The third kappa shape index (κ3) is 3.81. The zero-order chi connectivity index (χ0) is 13.1. The number of sulfonamides is 1. The van der Waals surface area contributed by atoms with Crippen LogP contribution in [0, 0.1) is 0 Å². The molecule has 1 atom stereocenters. The molecule has 0 radical (unpaired) electrons. The average molecular weight is 258 g/mol. The van der Waals surface area contributed by atoms with Crippen molar-refractivity contribution < 1.29 is 18.3 Å². The zero-order valence-electron chi connectivity index (χ0n) is 9.25. The minimum Gasteiger partial charge on any atom is -0.392 e. The second-order valence-corrected chi connectivity index (χ2v) is 5.36. The van der Waals surface area contributed by atoms with Gasteiger partial charge in [-0.2, -0.15) is 0 Å². The lowest BCUT2D eigenvalue weighted by molar-refractivity contribution is 0.1000. The number of benzene rings is 1. The summed E-state index contributed by atoms with van der Waals surface area (Å²) >= 11 is 0. The molecule has 7 heteroatoms. The fourth-order valence-electron chi connectivity index (χ4n) is 1.11. The lowest BCUT2D eigenvalue weighted by Crippen LogP contribution is -2.30. The van der Waals surface area contributed by atoms with Gasteiger partial charge in [-0.25, -0.2) is 13.1 Å². The van der Waals surface area contributed by atoms with Crippen molar-refractivity contribution in [1.29, 1.82) is 0 Å². The maximum absolute atomic E-state index is 11.7. The number of carbonyl (C=O) groups is 1. The summed E-state index contributed by atoms with van der Waals surface area (Å²) in [5.74, 6) is -0.620. The molecule has 17 heavy (non-hydrogen) atoms. The molecule has 0 fully saturated rings. The summed E-state index contributed by atoms with van der Waals surface area (Å²) in [4.78, 5) is 10.8. The smallest absolute Gasteiger partial charge is 0.248 e. The summed E-state index contributed by atoms with van der Waals surface area (Å²) in [6.07, 6.45) is -0.769. The predicted octanol–water partition coefficient (Wildman–Crippen LogP) is -0.555. The molecule has 0 aliphatic heterocycles. The van der Waals surface area contributed by atoms with Crippen LogP contribution in [0.3, 0.4) is 0 Å². The minimum absolute atomic E-state index is 0.0168. The monoisotopic (exact) mass is 258 g/mol. The molecule has 4 N–H and O–H groups in total. The van der Waals surface area contributed by atoms with Gasteiger partial charge in [0.05, 0.1) is 11.0 Å². The first kappa shape index (κ1) is 13.6. The Bertz CT molecular complexity index is 494. The van der Waals surface area contributed by atoms with Crippen LogP contribution in [-0.4, -0.2) is 32.1 Å². The van der Waals surface area contributed by atoms with Gasteiger partial charge in [-0.05, 0) is 31.2 Å². The van der Waals surface area contributed by atoms with E-state index in [0.717, 1.165) is 0 Å². The van der Waals surface area contributed by atoms with E-state index < -0.39 is 22.0 Å². The molecule has 0 saturated heterocycles. The largest absolute Gasteiger partial charge is 0.392 e.